The molecule has 0 aliphatic heterocycles. The van der Waals surface area contributed by atoms with Crippen LogP contribution in [-0.2, 0) is 11.2 Å². The van der Waals surface area contributed by atoms with E-state index in [1.807, 2.05) is 42.5 Å². The fourth-order valence-electron chi connectivity index (χ4n) is 4.59. The summed E-state index contributed by atoms with van der Waals surface area (Å²) in [5, 5.41) is 15.2. The van der Waals surface area contributed by atoms with E-state index in [2.05, 4.69) is 5.32 Å². The maximum Gasteiger partial charge on any atom is 0.303 e. The van der Waals surface area contributed by atoms with E-state index in [1.54, 1.807) is 12.1 Å². The first-order valence-corrected chi connectivity index (χ1v) is 11.3. The van der Waals surface area contributed by atoms with E-state index in [-0.39, 0.29) is 35.9 Å². The zero-order chi connectivity index (χ0) is 22.0. The number of carboxylic acids is 1. The van der Waals surface area contributed by atoms with Crippen LogP contribution in [0, 0.1) is 11.7 Å². The topological polar surface area (TPSA) is 49.3 Å². The molecule has 1 unspecified atom stereocenters. The van der Waals surface area contributed by atoms with Crippen LogP contribution in [0.2, 0.25) is 5.02 Å². The van der Waals surface area contributed by atoms with E-state index < -0.39 is 5.97 Å². The summed E-state index contributed by atoms with van der Waals surface area (Å²) < 4.78 is 14.6. The number of aliphatic carboxylic acids is 1. The molecule has 1 saturated carbocycles. The molecule has 0 bridgehead atoms. The van der Waals surface area contributed by atoms with Gasteiger partial charge in [-0.3, -0.25) is 4.79 Å². The highest BCUT2D eigenvalue weighted by molar-refractivity contribution is 6.36. The largest absolute Gasteiger partial charge is 0.481 e. The van der Waals surface area contributed by atoms with Crippen LogP contribution < -0.4 is 5.32 Å². The van der Waals surface area contributed by atoms with E-state index in [1.165, 1.54) is 0 Å². The predicted octanol–water partition coefficient (Wildman–Crippen LogP) is 6.86. The van der Waals surface area contributed by atoms with Gasteiger partial charge in [0.05, 0.1) is 0 Å². The van der Waals surface area contributed by atoms with E-state index >= 15 is 0 Å². The summed E-state index contributed by atoms with van der Waals surface area (Å²) in [5.41, 5.74) is 2.37. The van der Waals surface area contributed by atoms with Gasteiger partial charge in [-0.05, 0) is 60.4 Å². The second-order valence-corrected chi connectivity index (χ2v) is 9.10. The highest BCUT2D eigenvalue weighted by atomic mass is 35.5. The molecule has 1 aliphatic rings. The lowest BCUT2D eigenvalue weighted by Crippen LogP contribution is -2.23. The Labute approximate surface area is 191 Å². The third-order valence-corrected chi connectivity index (χ3v) is 7.12. The quantitative estimate of drug-likeness (QED) is 0.379. The maximum absolute atomic E-state index is 14.6. The fourth-order valence-corrected chi connectivity index (χ4v) is 5.20. The van der Waals surface area contributed by atoms with Gasteiger partial charge in [-0.25, -0.2) is 4.39 Å². The summed E-state index contributed by atoms with van der Waals surface area (Å²) >= 11 is 13.0. The molecule has 0 radical (unpaired) electrons. The van der Waals surface area contributed by atoms with Crippen LogP contribution in [0.1, 0.15) is 36.3 Å². The van der Waals surface area contributed by atoms with Gasteiger partial charge in [0.1, 0.15) is 5.82 Å². The summed E-state index contributed by atoms with van der Waals surface area (Å²) in [7, 11) is 0. The Morgan fingerprint density at radius 3 is 2.61 bits per heavy atom. The number of carbonyl (C=O) groups is 1. The van der Waals surface area contributed by atoms with Gasteiger partial charge in [-0.1, -0.05) is 48.0 Å². The molecule has 0 saturated heterocycles. The average molecular weight is 460 g/mol. The first kappa shape index (κ1) is 21.9. The molecular formula is C25H24Cl2FNO2. The number of alkyl halides is 1. The number of carboxylic acid groups (broad SMARTS) is 1. The summed E-state index contributed by atoms with van der Waals surface area (Å²) in [6.45, 7) is 0.673. The minimum Gasteiger partial charge on any atom is -0.481 e. The Bertz CT molecular complexity index is 1100. The van der Waals surface area contributed by atoms with E-state index in [0.29, 0.717) is 17.1 Å². The van der Waals surface area contributed by atoms with Crippen LogP contribution >= 0.6 is 23.2 Å². The third-order valence-electron chi connectivity index (χ3n) is 6.25. The minimum atomic E-state index is -0.926. The lowest BCUT2D eigenvalue weighted by Gasteiger charge is -2.24. The predicted molar refractivity (Wildman–Crippen MR) is 125 cm³/mol. The van der Waals surface area contributed by atoms with Gasteiger partial charge in [0.2, 0.25) is 0 Å². The van der Waals surface area contributed by atoms with Crippen molar-refractivity contribution in [3.63, 3.8) is 0 Å². The molecule has 4 rings (SSSR count). The number of halogens is 3. The smallest absolute Gasteiger partial charge is 0.303 e. The van der Waals surface area contributed by atoms with Crippen molar-refractivity contribution in [3.8, 4) is 0 Å². The Hall–Kier alpha value is -2.30. The highest BCUT2D eigenvalue weighted by Crippen LogP contribution is 2.43. The van der Waals surface area contributed by atoms with Crippen molar-refractivity contribution in [2.75, 3.05) is 11.9 Å². The van der Waals surface area contributed by atoms with Crippen molar-refractivity contribution in [1.29, 1.82) is 0 Å². The molecule has 0 spiro atoms. The molecule has 0 amide bonds. The summed E-state index contributed by atoms with van der Waals surface area (Å²) in [6.07, 6.45) is 1.89. The van der Waals surface area contributed by atoms with Gasteiger partial charge < -0.3 is 10.4 Å². The van der Waals surface area contributed by atoms with Gasteiger partial charge in [0.15, 0.2) is 0 Å². The molecular weight excluding hydrogens is 436 g/mol. The second kappa shape index (κ2) is 9.46. The lowest BCUT2D eigenvalue weighted by atomic mass is 9.87. The molecule has 0 heterocycles. The second-order valence-electron chi connectivity index (χ2n) is 8.13. The third kappa shape index (κ3) is 4.81. The Morgan fingerprint density at radius 1 is 1.10 bits per heavy atom. The van der Waals surface area contributed by atoms with Crippen molar-refractivity contribution in [2.24, 2.45) is 5.92 Å². The minimum absolute atomic E-state index is 0.00538. The maximum atomic E-state index is 14.6. The molecule has 1 aliphatic carbocycles. The highest BCUT2D eigenvalue weighted by Gasteiger charge is 2.36. The molecule has 3 aromatic carbocycles. The molecule has 3 atom stereocenters. The van der Waals surface area contributed by atoms with Crippen molar-refractivity contribution in [1.82, 2.24) is 0 Å². The van der Waals surface area contributed by atoms with E-state index in [9.17, 15) is 9.18 Å². The number of hydrogen-bond donors (Lipinski definition) is 2. The van der Waals surface area contributed by atoms with Crippen molar-refractivity contribution < 1.29 is 14.3 Å². The number of benzene rings is 3. The van der Waals surface area contributed by atoms with Crippen molar-refractivity contribution >= 4 is 45.6 Å². The molecule has 2 N–H and O–H groups in total. The monoisotopic (exact) mass is 459 g/mol. The first-order chi connectivity index (χ1) is 14.9. The first-order valence-electron chi connectivity index (χ1n) is 10.5. The van der Waals surface area contributed by atoms with E-state index in [0.717, 1.165) is 34.9 Å². The molecule has 6 heteroatoms. The SMILES string of the molecule is O=C(O)CCc1ccc([C@H]2CCC(Cl)[C@@H]2CNc2ccc(Cl)c3ccccc23)cc1F. The zero-order valence-electron chi connectivity index (χ0n) is 17.0. The number of aryl methyl sites for hydroxylation is 1. The van der Waals surface area contributed by atoms with Crippen LogP contribution in [-0.4, -0.2) is 23.0 Å². The number of nitrogens with one attached hydrogen (secondary N) is 1. The fraction of sp³-hybridized carbons (Fsp3) is 0.320. The van der Waals surface area contributed by atoms with Crippen LogP contribution in [0.4, 0.5) is 10.1 Å². The van der Waals surface area contributed by atoms with E-state index in [4.69, 9.17) is 28.3 Å². The summed E-state index contributed by atoms with van der Waals surface area (Å²) in [5.74, 6) is -0.964. The van der Waals surface area contributed by atoms with Crippen LogP contribution in [0.15, 0.2) is 54.6 Å². The Kier molecular flexibility index (Phi) is 6.68. The van der Waals surface area contributed by atoms with Gasteiger partial charge in [0.25, 0.3) is 0 Å². The number of rotatable bonds is 7. The molecule has 3 nitrogen and oxygen atoms in total. The molecule has 162 valence electrons. The zero-order valence-corrected chi connectivity index (χ0v) is 18.5. The van der Waals surface area contributed by atoms with Gasteiger partial charge in [0, 0.05) is 39.8 Å². The lowest BCUT2D eigenvalue weighted by molar-refractivity contribution is -0.136. The molecule has 31 heavy (non-hydrogen) atoms. The number of fused-ring (bicyclic) bond motifs is 1. The Balaban J connectivity index is 1.52. The summed E-state index contributed by atoms with van der Waals surface area (Å²) in [4.78, 5) is 10.8. The van der Waals surface area contributed by atoms with Gasteiger partial charge in [-0.15, -0.1) is 11.6 Å². The molecule has 0 aromatic heterocycles. The van der Waals surface area contributed by atoms with Gasteiger partial charge in [-0.2, -0.15) is 0 Å². The van der Waals surface area contributed by atoms with Crippen molar-refractivity contribution in [2.45, 2.75) is 37.0 Å². The molecule has 1 fully saturated rings. The normalized spacial score (nSPS) is 20.8. The average Bonchev–Trinajstić information content (AvgIpc) is 3.13. The van der Waals surface area contributed by atoms with Gasteiger partial charge >= 0.3 is 5.97 Å². The molecule has 3 aromatic rings. The van der Waals surface area contributed by atoms with Crippen LogP contribution in [0.5, 0.6) is 0 Å². The van der Waals surface area contributed by atoms with Crippen LogP contribution in [0.25, 0.3) is 10.8 Å². The number of anilines is 1. The van der Waals surface area contributed by atoms with Crippen molar-refractivity contribution in [3.05, 3.63) is 76.6 Å². The standard InChI is InChI=1S/C25H24Cl2FNO2/c26-21-10-11-24(19-4-2-1-3-18(19)21)29-14-20-17(8-9-22(20)27)16-6-5-15(23(28)13-16)7-12-25(30)31/h1-6,10-11,13,17,20,22,29H,7-9,12,14H2,(H,30,31)/t17-,20-,22?/m1/s1. The number of hydrogen-bond acceptors (Lipinski definition) is 2. The van der Waals surface area contributed by atoms with Crippen LogP contribution in [0.3, 0.4) is 0 Å². The summed E-state index contributed by atoms with van der Waals surface area (Å²) in [6, 6.07) is 17.1. The Morgan fingerprint density at radius 2 is 1.87 bits per heavy atom.